The summed E-state index contributed by atoms with van der Waals surface area (Å²) in [6, 6.07) is 2.61. The molecule has 2 saturated carbocycles. The summed E-state index contributed by atoms with van der Waals surface area (Å²) in [6.07, 6.45) is 0.761. The number of carbonyl (C=O) groups excluding carboxylic acids is 4. The van der Waals surface area contributed by atoms with Gasteiger partial charge in [-0.3, -0.25) is 14.4 Å². The Bertz CT molecular complexity index is 1160. The first-order valence-electron chi connectivity index (χ1n) is 14.1. The minimum atomic E-state index is -2.66. The number of hydrogen-bond acceptors (Lipinski definition) is 5. The Morgan fingerprint density at radius 1 is 1.20 bits per heavy atom. The highest BCUT2D eigenvalue weighted by atomic mass is 35.5. The van der Waals surface area contributed by atoms with Crippen molar-refractivity contribution in [2.75, 3.05) is 18.9 Å². The maximum Gasteiger partial charge on any atom is 0.321 e. The first kappa shape index (κ1) is 31.0. The lowest BCUT2D eigenvalue weighted by Crippen LogP contribution is -2.52. The minimum absolute atomic E-state index is 0.000557. The van der Waals surface area contributed by atoms with Crippen LogP contribution in [0.2, 0.25) is 5.02 Å². The zero-order chi connectivity index (χ0) is 29.9. The van der Waals surface area contributed by atoms with E-state index < -0.39 is 41.8 Å². The van der Waals surface area contributed by atoms with Crippen molar-refractivity contribution in [3.63, 3.8) is 0 Å². The van der Waals surface area contributed by atoms with Gasteiger partial charge >= 0.3 is 6.03 Å². The molecule has 1 saturated heterocycles. The summed E-state index contributed by atoms with van der Waals surface area (Å²) in [7, 11) is 1.55. The molecule has 0 spiro atoms. The van der Waals surface area contributed by atoms with Gasteiger partial charge in [-0.05, 0) is 69.6 Å². The SMILES string of the molecule is C[C@@H]1C[C@@H](CC(NC(=O)c2cc(Cl)ccc2NC(=O)N(C)CC2CCC(F)(F)CC2)C(O)C(=O)NC2CC2)C(=O)N1. The second kappa shape index (κ2) is 12.9. The molecular formula is C28H38ClF2N5O5. The van der Waals surface area contributed by atoms with Gasteiger partial charge in [0, 0.05) is 49.5 Å². The van der Waals surface area contributed by atoms with E-state index in [-0.39, 0.29) is 66.0 Å². The molecule has 1 aromatic rings. The normalized spacial score (nSPS) is 23.7. The third-order valence-corrected chi connectivity index (χ3v) is 8.24. The van der Waals surface area contributed by atoms with E-state index in [0.717, 1.165) is 12.8 Å². The van der Waals surface area contributed by atoms with Gasteiger partial charge in [0.05, 0.1) is 17.3 Å². The maximum absolute atomic E-state index is 13.5. The van der Waals surface area contributed by atoms with E-state index in [2.05, 4.69) is 21.3 Å². The van der Waals surface area contributed by atoms with Gasteiger partial charge in [-0.25, -0.2) is 13.6 Å². The van der Waals surface area contributed by atoms with Crippen LogP contribution in [0.25, 0.3) is 0 Å². The predicted molar refractivity (Wildman–Crippen MR) is 149 cm³/mol. The van der Waals surface area contributed by atoms with E-state index in [0.29, 0.717) is 19.3 Å². The summed E-state index contributed by atoms with van der Waals surface area (Å²) in [6.45, 7) is 2.13. The fraction of sp³-hybridized carbons (Fsp3) is 0.643. The van der Waals surface area contributed by atoms with Crippen LogP contribution < -0.4 is 21.3 Å². The molecule has 4 rings (SSSR count). The summed E-state index contributed by atoms with van der Waals surface area (Å²) < 4.78 is 27.0. The van der Waals surface area contributed by atoms with Crippen LogP contribution in [0.5, 0.6) is 0 Å². The van der Waals surface area contributed by atoms with Crippen molar-refractivity contribution in [1.29, 1.82) is 0 Å². The molecular weight excluding hydrogens is 560 g/mol. The van der Waals surface area contributed by atoms with Crippen LogP contribution in [-0.4, -0.2) is 77.5 Å². The van der Waals surface area contributed by atoms with Gasteiger partial charge in [0.15, 0.2) is 6.10 Å². The molecule has 4 atom stereocenters. The van der Waals surface area contributed by atoms with Crippen LogP contribution in [0.1, 0.15) is 68.6 Å². The third kappa shape index (κ3) is 8.51. The summed E-state index contributed by atoms with van der Waals surface area (Å²) in [4.78, 5) is 52.9. The Morgan fingerprint density at radius 2 is 1.88 bits per heavy atom. The van der Waals surface area contributed by atoms with Crippen LogP contribution in [0.3, 0.4) is 0 Å². The van der Waals surface area contributed by atoms with Crippen LogP contribution in [-0.2, 0) is 9.59 Å². The van der Waals surface area contributed by atoms with Crippen molar-refractivity contribution in [3.05, 3.63) is 28.8 Å². The Balaban J connectivity index is 1.45. The van der Waals surface area contributed by atoms with E-state index in [1.807, 2.05) is 6.92 Å². The first-order valence-corrected chi connectivity index (χ1v) is 14.5. The van der Waals surface area contributed by atoms with E-state index >= 15 is 0 Å². The lowest BCUT2D eigenvalue weighted by Gasteiger charge is -2.31. The predicted octanol–water partition coefficient (Wildman–Crippen LogP) is 3.28. The quantitative estimate of drug-likeness (QED) is 0.282. The molecule has 1 heterocycles. The molecule has 0 bridgehead atoms. The number of amides is 5. The Hall–Kier alpha value is -2.99. The van der Waals surface area contributed by atoms with Crippen molar-refractivity contribution < 1.29 is 33.1 Å². The van der Waals surface area contributed by atoms with E-state index in [1.54, 1.807) is 7.05 Å². The molecule has 3 aliphatic rings. The van der Waals surface area contributed by atoms with Crippen LogP contribution in [0.4, 0.5) is 19.3 Å². The van der Waals surface area contributed by atoms with Crippen molar-refractivity contribution >= 4 is 41.0 Å². The highest BCUT2D eigenvalue weighted by molar-refractivity contribution is 6.31. The van der Waals surface area contributed by atoms with Crippen molar-refractivity contribution in [1.82, 2.24) is 20.9 Å². The smallest absolute Gasteiger partial charge is 0.321 e. The topological polar surface area (TPSA) is 140 Å². The fourth-order valence-electron chi connectivity index (χ4n) is 5.45. The molecule has 5 amide bonds. The summed E-state index contributed by atoms with van der Waals surface area (Å²) in [5.74, 6) is -4.77. The van der Waals surface area contributed by atoms with E-state index in [1.165, 1.54) is 23.1 Å². The molecule has 5 N–H and O–H groups in total. The molecule has 13 heteroatoms. The number of urea groups is 1. The number of nitrogens with zero attached hydrogens (tertiary/aromatic N) is 1. The molecule has 41 heavy (non-hydrogen) atoms. The molecule has 0 radical (unpaired) electrons. The van der Waals surface area contributed by atoms with Gasteiger partial charge < -0.3 is 31.3 Å². The van der Waals surface area contributed by atoms with Gasteiger partial charge in [0.1, 0.15) is 0 Å². The number of anilines is 1. The number of carbonyl (C=O) groups is 4. The van der Waals surface area contributed by atoms with E-state index in [4.69, 9.17) is 11.6 Å². The van der Waals surface area contributed by atoms with Gasteiger partial charge in [-0.2, -0.15) is 0 Å². The average molecular weight is 598 g/mol. The Morgan fingerprint density at radius 3 is 2.49 bits per heavy atom. The maximum atomic E-state index is 13.5. The van der Waals surface area contributed by atoms with Gasteiger partial charge in [-0.15, -0.1) is 0 Å². The highest BCUT2D eigenvalue weighted by Crippen LogP contribution is 2.36. The Kier molecular flexibility index (Phi) is 9.73. The number of halogens is 3. The molecule has 0 aromatic heterocycles. The number of benzene rings is 1. The van der Waals surface area contributed by atoms with Crippen molar-refractivity contribution in [2.24, 2.45) is 11.8 Å². The molecule has 226 valence electrons. The molecule has 2 unspecified atom stereocenters. The lowest BCUT2D eigenvalue weighted by atomic mass is 9.86. The largest absolute Gasteiger partial charge is 0.381 e. The Labute approximate surface area is 242 Å². The number of alkyl halides is 2. The van der Waals surface area contributed by atoms with Crippen LogP contribution in [0.15, 0.2) is 18.2 Å². The number of nitrogens with one attached hydrogen (secondary N) is 4. The zero-order valence-corrected chi connectivity index (χ0v) is 24.0. The first-order chi connectivity index (χ1) is 19.3. The number of aliphatic hydroxyl groups excluding tert-OH is 1. The summed E-state index contributed by atoms with van der Waals surface area (Å²) in [5.41, 5.74) is 0.141. The van der Waals surface area contributed by atoms with E-state index in [9.17, 15) is 33.1 Å². The van der Waals surface area contributed by atoms with Crippen LogP contribution in [0, 0.1) is 11.8 Å². The van der Waals surface area contributed by atoms with Gasteiger partial charge in [0.25, 0.3) is 11.8 Å². The number of hydrogen-bond donors (Lipinski definition) is 5. The molecule has 10 nitrogen and oxygen atoms in total. The van der Waals surface area contributed by atoms with Crippen LogP contribution >= 0.6 is 11.6 Å². The fourth-order valence-corrected chi connectivity index (χ4v) is 5.62. The van der Waals surface area contributed by atoms with Crippen molar-refractivity contribution in [2.45, 2.75) is 88.4 Å². The monoisotopic (exact) mass is 597 g/mol. The van der Waals surface area contributed by atoms with Crippen molar-refractivity contribution in [3.8, 4) is 0 Å². The third-order valence-electron chi connectivity index (χ3n) is 8.01. The molecule has 1 aliphatic heterocycles. The molecule has 2 aliphatic carbocycles. The lowest BCUT2D eigenvalue weighted by molar-refractivity contribution is -0.132. The minimum Gasteiger partial charge on any atom is -0.381 e. The molecule has 3 fully saturated rings. The second-order valence-corrected chi connectivity index (χ2v) is 12.1. The second-order valence-electron chi connectivity index (χ2n) is 11.7. The summed E-state index contributed by atoms with van der Waals surface area (Å²) >= 11 is 6.17. The number of rotatable bonds is 10. The van der Waals surface area contributed by atoms with Gasteiger partial charge in [-0.1, -0.05) is 11.6 Å². The highest BCUT2D eigenvalue weighted by Gasteiger charge is 2.38. The average Bonchev–Trinajstić information content (AvgIpc) is 3.67. The molecule has 1 aromatic carbocycles. The zero-order valence-electron chi connectivity index (χ0n) is 23.2. The number of aliphatic hydroxyl groups is 1. The summed E-state index contributed by atoms with van der Waals surface area (Å²) in [5, 5.41) is 22.0. The standard InChI is InChI=1S/C28H38ClF2N5O5/c1-15-11-17(24(38)32-15)12-22(23(37)26(40)33-19-4-5-19)34-25(39)20-13-18(29)3-6-21(20)35-27(41)36(2)14-16-7-9-28(30,31)10-8-16/h3,6,13,15-17,19,22-23,37H,4-5,7-12,14H2,1-2H3,(H,32,38)(H,33,40)(H,34,39)(H,35,41)/t15-,17+,22?,23?/m1/s1. The van der Waals surface area contributed by atoms with Gasteiger partial charge in [0.2, 0.25) is 11.8 Å².